The van der Waals surface area contributed by atoms with Crippen LogP contribution in [0.25, 0.3) is 10.8 Å². The van der Waals surface area contributed by atoms with Crippen LogP contribution >= 0.6 is 0 Å². The van der Waals surface area contributed by atoms with E-state index in [2.05, 4.69) is 17.0 Å². The summed E-state index contributed by atoms with van der Waals surface area (Å²) < 4.78 is 0. The highest BCUT2D eigenvalue weighted by molar-refractivity contribution is 5.98. The van der Waals surface area contributed by atoms with E-state index >= 15 is 0 Å². The molecule has 1 saturated carbocycles. The van der Waals surface area contributed by atoms with Gasteiger partial charge < -0.3 is 10.0 Å². The predicted octanol–water partition coefficient (Wildman–Crippen LogP) is 3.06. The van der Waals surface area contributed by atoms with Crippen molar-refractivity contribution in [3.05, 3.63) is 42.0 Å². The molecule has 0 spiro atoms. The van der Waals surface area contributed by atoms with Gasteiger partial charge in [-0.2, -0.15) is 5.26 Å². The van der Waals surface area contributed by atoms with Crippen molar-refractivity contribution >= 4 is 16.5 Å². The molecule has 0 aliphatic heterocycles. The van der Waals surface area contributed by atoms with E-state index in [1.165, 1.54) is 19.3 Å². The van der Waals surface area contributed by atoms with Crippen LogP contribution in [-0.4, -0.2) is 24.3 Å². The Labute approximate surface area is 119 Å². The van der Waals surface area contributed by atoms with Gasteiger partial charge in [0.1, 0.15) is 0 Å². The Morgan fingerprint density at radius 1 is 1.15 bits per heavy atom. The molecule has 0 radical (unpaired) electrons. The minimum absolute atomic E-state index is 0.158. The molecule has 0 saturated heterocycles. The smallest absolute Gasteiger partial charge is 0.0998 e. The third-order valence-corrected chi connectivity index (χ3v) is 4.19. The van der Waals surface area contributed by atoms with Crippen LogP contribution in [0.1, 0.15) is 24.8 Å². The van der Waals surface area contributed by atoms with Crippen molar-refractivity contribution in [1.82, 2.24) is 0 Å². The Balaban J connectivity index is 2.12. The van der Waals surface area contributed by atoms with E-state index in [1.54, 1.807) is 0 Å². The van der Waals surface area contributed by atoms with Crippen LogP contribution in [0.5, 0.6) is 0 Å². The van der Waals surface area contributed by atoms with Gasteiger partial charge in [0.05, 0.1) is 18.2 Å². The van der Waals surface area contributed by atoms with E-state index in [1.807, 2.05) is 30.3 Å². The van der Waals surface area contributed by atoms with Gasteiger partial charge in [-0.1, -0.05) is 24.3 Å². The van der Waals surface area contributed by atoms with E-state index in [4.69, 9.17) is 0 Å². The van der Waals surface area contributed by atoms with Crippen molar-refractivity contribution in [1.29, 1.82) is 5.26 Å². The topological polar surface area (TPSA) is 47.3 Å². The number of aliphatic hydroxyl groups is 1. The molecule has 1 aliphatic carbocycles. The summed E-state index contributed by atoms with van der Waals surface area (Å²) in [5.74, 6) is 0. The van der Waals surface area contributed by atoms with Crippen LogP contribution < -0.4 is 4.90 Å². The fourth-order valence-electron chi connectivity index (χ4n) is 2.94. The average Bonchev–Trinajstić information content (AvgIpc) is 2.44. The summed E-state index contributed by atoms with van der Waals surface area (Å²) in [7, 11) is 0. The quantitative estimate of drug-likeness (QED) is 0.925. The Morgan fingerprint density at radius 2 is 1.90 bits per heavy atom. The number of aliphatic hydroxyl groups excluding tert-OH is 1. The highest BCUT2D eigenvalue weighted by atomic mass is 16.3. The Morgan fingerprint density at radius 3 is 2.50 bits per heavy atom. The maximum absolute atomic E-state index is 9.35. The lowest BCUT2D eigenvalue weighted by molar-refractivity contribution is 0.284. The first-order chi connectivity index (χ1) is 9.85. The molecule has 3 heteroatoms. The summed E-state index contributed by atoms with van der Waals surface area (Å²) in [6, 6.07) is 14.7. The summed E-state index contributed by atoms with van der Waals surface area (Å²) in [6.45, 7) is 0.811. The van der Waals surface area contributed by atoms with Gasteiger partial charge in [-0.25, -0.2) is 0 Å². The highest BCUT2D eigenvalue weighted by Crippen LogP contribution is 2.35. The van der Waals surface area contributed by atoms with Crippen LogP contribution in [0.2, 0.25) is 0 Å². The molecule has 0 heterocycles. The maximum atomic E-state index is 9.35. The molecular formula is C17H18N2O. The average molecular weight is 266 g/mol. The minimum Gasteiger partial charge on any atom is -0.395 e. The van der Waals surface area contributed by atoms with Crippen molar-refractivity contribution in [2.45, 2.75) is 25.3 Å². The first-order valence-corrected chi connectivity index (χ1v) is 7.14. The molecule has 0 unspecified atom stereocenters. The molecule has 1 fully saturated rings. The molecule has 1 N–H and O–H groups in total. The minimum atomic E-state index is 0.158. The lowest BCUT2D eigenvalue weighted by Crippen LogP contribution is -2.42. The van der Waals surface area contributed by atoms with E-state index in [-0.39, 0.29) is 6.61 Å². The van der Waals surface area contributed by atoms with Gasteiger partial charge >= 0.3 is 0 Å². The van der Waals surface area contributed by atoms with Crippen molar-refractivity contribution in [3.8, 4) is 6.07 Å². The predicted molar refractivity (Wildman–Crippen MR) is 80.7 cm³/mol. The van der Waals surface area contributed by atoms with Crippen LogP contribution in [0.15, 0.2) is 36.4 Å². The van der Waals surface area contributed by atoms with Gasteiger partial charge in [0.25, 0.3) is 0 Å². The van der Waals surface area contributed by atoms with Gasteiger partial charge in [0.2, 0.25) is 0 Å². The number of rotatable bonds is 4. The summed E-state index contributed by atoms with van der Waals surface area (Å²) in [6.07, 6.45) is 3.64. The fourth-order valence-corrected chi connectivity index (χ4v) is 2.94. The molecule has 0 bridgehead atoms. The first kappa shape index (κ1) is 13.0. The zero-order chi connectivity index (χ0) is 13.9. The fraction of sp³-hybridized carbons (Fsp3) is 0.353. The van der Waals surface area contributed by atoms with E-state index in [0.717, 1.165) is 16.5 Å². The Kier molecular flexibility index (Phi) is 3.58. The molecular weight excluding hydrogens is 248 g/mol. The number of benzene rings is 2. The lowest BCUT2D eigenvalue weighted by atomic mass is 9.90. The number of nitriles is 1. The summed E-state index contributed by atoms with van der Waals surface area (Å²) in [5.41, 5.74) is 1.85. The van der Waals surface area contributed by atoms with Gasteiger partial charge in [-0.15, -0.1) is 0 Å². The molecule has 102 valence electrons. The second kappa shape index (κ2) is 5.52. The second-order valence-corrected chi connectivity index (χ2v) is 5.29. The number of hydrogen-bond acceptors (Lipinski definition) is 3. The Hall–Kier alpha value is -2.05. The maximum Gasteiger partial charge on any atom is 0.0998 e. The highest BCUT2D eigenvalue weighted by Gasteiger charge is 2.26. The van der Waals surface area contributed by atoms with Crippen LogP contribution in [-0.2, 0) is 0 Å². The second-order valence-electron chi connectivity index (χ2n) is 5.29. The molecule has 2 aromatic rings. The normalized spacial score (nSPS) is 14.8. The number of fused-ring (bicyclic) bond motifs is 1. The molecule has 0 amide bonds. The van der Waals surface area contributed by atoms with Crippen LogP contribution in [0, 0.1) is 11.3 Å². The lowest BCUT2D eigenvalue weighted by Gasteiger charge is -2.39. The van der Waals surface area contributed by atoms with E-state index in [9.17, 15) is 10.4 Å². The third-order valence-electron chi connectivity index (χ3n) is 4.19. The van der Waals surface area contributed by atoms with Gasteiger partial charge in [-0.3, -0.25) is 0 Å². The standard InChI is InChI=1S/C17H18N2O/c18-12-13-8-9-17(16-7-2-1-6-15(13)16)19(10-11-20)14-4-3-5-14/h1-2,6-9,14,20H,3-5,10-11H2. The summed E-state index contributed by atoms with van der Waals surface area (Å²) in [5, 5.41) is 20.7. The monoisotopic (exact) mass is 266 g/mol. The molecule has 2 aromatic carbocycles. The number of hydrogen-bond donors (Lipinski definition) is 1. The molecule has 20 heavy (non-hydrogen) atoms. The Bertz CT molecular complexity index is 656. The summed E-state index contributed by atoms with van der Waals surface area (Å²) in [4.78, 5) is 2.30. The molecule has 0 aromatic heterocycles. The van der Waals surface area contributed by atoms with Gasteiger partial charge in [0, 0.05) is 29.0 Å². The van der Waals surface area contributed by atoms with Crippen LogP contribution in [0.4, 0.5) is 5.69 Å². The molecule has 1 aliphatic rings. The first-order valence-electron chi connectivity index (χ1n) is 7.14. The van der Waals surface area contributed by atoms with Crippen molar-refractivity contribution in [2.75, 3.05) is 18.1 Å². The summed E-state index contributed by atoms with van der Waals surface area (Å²) >= 11 is 0. The zero-order valence-electron chi connectivity index (χ0n) is 11.4. The van der Waals surface area contributed by atoms with Crippen molar-refractivity contribution < 1.29 is 5.11 Å². The number of anilines is 1. The van der Waals surface area contributed by atoms with Gasteiger partial charge in [-0.05, 0) is 31.4 Å². The van der Waals surface area contributed by atoms with Crippen molar-refractivity contribution in [3.63, 3.8) is 0 Å². The SMILES string of the molecule is N#Cc1ccc(N(CCO)C2CCC2)c2ccccc12. The van der Waals surface area contributed by atoms with E-state index in [0.29, 0.717) is 18.2 Å². The molecule has 0 atom stereocenters. The van der Waals surface area contributed by atoms with E-state index < -0.39 is 0 Å². The zero-order valence-corrected chi connectivity index (χ0v) is 11.4. The molecule has 3 rings (SSSR count). The van der Waals surface area contributed by atoms with Crippen molar-refractivity contribution in [2.24, 2.45) is 0 Å². The number of nitrogens with zero attached hydrogens (tertiary/aromatic N) is 2. The largest absolute Gasteiger partial charge is 0.395 e. The van der Waals surface area contributed by atoms with Gasteiger partial charge in [0.15, 0.2) is 0 Å². The third kappa shape index (κ3) is 2.13. The molecule has 3 nitrogen and oxygen atoms in total. The van der Waals surface area contributed by atoms with Crippen LogP contribution in [0.3, 0.4) is 0 Å².